The third-order valence-corrected chi connectivity index (χ3v) is 2.75. The van der Waals surface area contributed by atoms with E-state index >= 15 is 0 Å². The molecule has 0 aromatic carbocycles. The lowest BCUT2D eigenvalue weighted by Gasteiger charge is -2.40. The highest BCUT2D eigenvalue weighted by atomic mass is 16.6. The highest BCUT2D eigenvalue weighted by Crippen LogP contribution is 2.14. The number of carbonyl (C=O) groups is 1. The van der Waals surface area contributed by atoms with Gasteiger partial charge < -0.3 is 19.9 Å². The van der Waals surface area contributed by atoms with Crippen LogP contribution in [0.1, 0.15) is 27.2 Å². The summed E-state index contributed by atoms with van der Waals surface area (Å²) >= 11 is 0. The van der Waals surface area contributed by atoms with E-state index in [1.807, 2.05) is 20.8 Å². The van der Waals surface area contributed by atoms with Crippen LogP contribution >= 0.6 is 0 Å². The van der Waals surface area contributed by atoms with Crippen LogP contribution in [0.2, 0.25) is 0 Å². The Hall–Kier alpha value is -0.810. The molecule has 1 heterocycles. The van der Waals surface area contributed by atoms with Crippen LogP contribution in [0.15, 0.2) is 0 Å². The van der Waals surface area contributed by atoms with Crippen molar-refractivity contribution in [1.29, 1.82) is 0 Å². The van der Waals surface area contributed by atoms with Gasteiger partial charge in [0.25, 0.3) is 0 Å². The van der Waals surface area contributed by atoms with Gasteiger partial charge in [0.05, 0.1) is 0 Å². The van der Waals surface area contributed by atoms with Crippen molar-refractivity contribution in [2.75, 3.05) is 40.3 Å². The van der Waals surface area contributed by atoms with Gasteiger partial charge in [-0.2, -0.15) is 0 Å². The topological polar surface area (TPSA) is 44.8 Å². The number of carbonyl (C=O) groups excluding carboxylic acids is 1. The van der Waals surface area contributed by atoms with Gasteiger partial charge >= 0.3 is 6.09 Å². The monoisotopic (exact) mass is 257 g/mol. The Morgan fingerprint density at radius 1 is 1.39 bits per heavy atom. The standard InChI is InChI=1S/C13H27N3O2/c1-13(2,3)18-12(17)16-9-11(10-16)14-7-6-8-15(4)5/h11,14H,6-10H2,1-5H3. The molecule has 106 valence electrons. The molecule has 1 amide bonds. The van der Waals surface area contributed by atoms with Gasteiger partial charge in [-0.1, -0.05) is 0 Å². The van der Waals surface area contributed by atoms with E-state index in [9.17, 15) is 4.79 Å². The molecule has 0 saturated carbocycles. The molecule has 0 spiro atoms. The average molecular weight is 257 g/mol. The molecule has 0 radical (unpaired) electrons. The Labute approximate surface area is 110 Å². The smallest absolute Gasteiger partial charge is 0.410 e. The first-order valence-corrected chi connectivity index (χ1v) is 6.64. The molecule has 0 aromatic heterocycles. The highest BCUT2D eigenvalue weighted by molar-refractivity contribution is 5.69. The van der Waals surface area contributed by atoms with Crippen molar-refractivity contribution in [3.8, 4) is 0 Å². The summed E-state index contributed by atoms with van der Waals surface area (Å²) < 4.78 is 5.30. The maximum atomic E-state index is 11.7. The molecular formula is C13H27N3O2. The minimum Gasteiger partial charge on any atom is -0.444 e. The van der Waals surface area contributed by atoms with Crippen LogP contribution in [0.3, 0.4) is 0 Å². The van der Waals surface area contributed by atoms with Crippen molar-refractivity contribution in [2.24, 2.45) is 0 Å². The zero-order valence-electron chi connectivity index (χ0n) is 12.3. The van der Waals surface area contributed by atoms with Crippen molar-refractivity contribution in [1.82, 2.24) is 15.1 Å². The van der Waals surface area contributed by atoms with Crippen molar-refractivity contribution < 1.29 is 9.53 Å². The summed E-state index contributed by atoms with van der Waals surface area (Å²) in [6.07, 6.45) is 0.935. The Morgan fingerprint density at radius 3 is 2.50 bits per heavy atom. The fraction of sp³-hybridized carbons (Fsp3) is 0.923. The molecule has 1 fully saturated rings. The van der Waals surface area contributed by atoms with E-state index in [0.717, 1.165) is 32.6 Å². The van der Waals surface area contributed by atoms with Gasteiger partial charge in [0.2, 0.25) is 0 Å². The maximum absolute atomic E-state index is 11.7. The van der Waals surface area contributed by atoms with Crippen LogP contribution in [0.4, 0.5) is 4.79 Å². The molecule has 0 bridgehead atoms. The molecule has 18 heavy (non-hydrogen) atoms. The summed E-state index contributed by atoms with van der Waals surface area (Å²) in [5.41, 5.74) is -0.401. The van der Waals surface area contributed by atoms with Gasteiger partial charge in [0.1, 0.15) is 5.60 Å². The molecule has 1 N–H and O–H groups in total. The summed E-state index contributed by atoms with van der Waals surface area (Å²) in [7, 11) is 4.15. The van der Waals surface area contributed by atoms with Crippen LogP contribution in [0, 0.1) is 0 Å². The van der Waals surface area contributed by atoms with Gasteiger partial charge in [-0.3, -0.25) is 0 Å². The van der Waals surface area contributed by atoms with Crippen molar-refractivity contribution >= 4 is 6.09 Å². The van der Waals surface area contributed by atoms with Crippen LogP contribution < -0.4 is 5.32 Å². The van der Waals surface area contributed by atoms with E-state index in [2.05, 4.69) is 24.3 Å². The number of likely N-dealkylation sites (tertiary alicyclic amines) is 1. The second-order valence-electron chi connectivity index (χ2n) is 6.19. The second-order valence-corrected chi connectivity index (χ2v) is 6.19. The quantitative estimate of drug-likeness (QED) is 0.750. The van der Waals surface area contributed by atoms with Crippen LogP contribution in [-0.4, -0.2) is 67.8 Å². The normalized spacial score (nSPS) is 16.9. The van der Waals surface area contributed by atoms with Gasteiger partial charge in [-0.05, 0) is 54.4 Å². The van der Waals surface area contributed by atoms with Gasteiger partial charge in [0, 0.05) is 19.1 Å². The van der Waals surface area contributed by atoms with Gasteiger partial charge in [0.15, 0.2) is 0 Å². The lowest BCUT2D eigenvalue weighted by Crippen LogP contribution is -2.60. The maximum Gasteiger partial charge on any atom is 0.410 e. The first kappa shape index (κ1) is 15.2. The fourth-order valence-corrected chi connectivity index (χ4v) is 1.78. The minimum atomic E-state index is -0.401. The number of hydrogen-bond donors (Lipinski definition) is 1. The molecule has 5 nitrogen and oxygen atoms in total. The average Bonchev–Trinajstić information content (AvgIpc) is 2.10. The first-order chi connectivity index (χ1) is 8.28. The Kier molecular flexibility index (Phi) is 5.41. The van der Waals surface area contributed by atoms with Crippen molar-refractivity contribution in [2.45, 2.75) is 38.8 Å². The van der Waals surface area contributed by atoms with E-state index in [4.69, 9.17) is 4.74 Å². The summed E-state index contributed by atoms with van der Waals surface area (Å²) in [6, 6.07) is 0.430. The van der Waals surface area contributed by atoms with E-state index in [-0.39, 0.29) is 6.09 Å². The first-order valence-electron chi connectivity index (χ1n) is 6.64. The fourth-order valence-electron chi connectivity index (χ4n) is 1.78. The predicted octanol–water partition coefficient (Wildman–Crippen LogP) is 1.15. The van der Waals surface area contributed by atoms with Gasteiger partial charge in [-0.25, -0.2) is 4.79 Å². The number of nitrogens with zero attached hydrogens (tertiary/aromatic N) is 2. The molecule has 0 atom stereocenters. The third kappa shape index (κ3) is 5.69. The molecule has 1 saturated heterocycles. The SMILES string of the molecule is CN(C)CCCNC1CN(C(=O)OC(C)(C)C)C1. The van der Waals surface area contributed by atoms with E-state index < -0.39 is 5.60 Å². The third-order valence-electron chi connectivity index (χ3n) is 2.75. The van der Waals surface area contributed by atoms with Crippen LogP contribution in [0.25, 0.3) is 0 Å². The highest BCUT2D eigenvalue weighted by Gasteiger charge is 2.32. The lowest BCUT2D eigenvalue weighted by molar-refractivity contribution is 0.00534. The Bertz CT molecular complexity index is 268. The Balaban J connectivity index is 2.07. The summed E-state index contributed by atoms with van der Waals surface area (Å²) in [5, 5.41) is 3.45. The molecule has 0 unspecified atom stereocenters. The number of hydrogen-bond acceptors (Lipinski definition) is 4. The summed E-state index contributed by atoms with van der Waals surface area (Å²) in [5.74, 6) is 0. The lowest BCUT2D eigenvalue weighted by atomic mass is 10.1. The molecule has 1 rings (SSSR count). The van der Waals surface area contributed by atoms with E-state index in [1.54, 1.807) is 4.90 Å². The summed E-state index contributed by atoms with van der Waals surface area (Å²) in [6.45, 7) is 9.29. The van der Waals surface area contributed by atoms with Gasteiger partial charge in [-0.15, -0.1) is 0 Å². The minimum absolute atomic E-state index is 0.200. The number of ether oxygens (including phenoxy) is 1. The van der Waals surface area contributed by atoms with E-state index in [0.29, 0.717) is 6.04 Å². The predicted molar refractivity (Wildman–Crippen MR) is 72.8 cm³/mol. The summed E-state index contributed by atoms with van der Waals surface area (Å²) in [4.78, 5) is 15.6. The van der Waals surface area contributed by atoms with Crippen LogP contribution in [0.5, 0.6) is 0 Å². The van der Waals surface area contributed by atoms with Crippen LogP contribution in [-0.2, 0) is 4.74 Å². The molecule has 1 aliphatic rings. The molecule has 1 aliphatic heterocycles. The Morgan fingerprint density at radius 2 is 2.00 bits per heavy atom. The number of rotatable bonds is 5. The second kappa shape index (κ2) is 6.38. The molecule has 5 heteroatoms. The number of nitrogens with one attached hydrogen (secondary N) is 1. The van der Waals surface area contributed by atoms with Crippen molar-refractivity contribution in [3.05, 3.63) is 0 Å². The molecule has 0 aromatic rings. The molecular weight excluding hydrogens is 230 g/mol. The zero-order chi connectivity index (χ0) is 13.8. The largest absolute Gasteiger partial charge is 0.444 e. The number of amides is 1. The zero-order valence-corrected chi connectivity index (χ0v) is 12.3. The van der Waals surface area contributed by atoms with E-state index in [1.165, 1.54) is 0 Å². The van der Waals surface area contributed by atoms with Crippen molar-refractivity contribution in [3.63, 3.8) is 0 Å². The molecule has 0 aliphatic carbocycles.